The van der Waals surface area contributed by atoms with E-state index < -0.39 is 0 Å². The van der Waals surface area contributed by atoms with Crippen LogP contribution in [0.4, 0.5) is 5.82 Å². The van der Waals surface area contributed by atoms with E-state index >= 15 is 0 Å². The number of benzene rings is 2. The van der Waals surface area contributed by atoms with Crippen LogP contribution in [-0.2, 0) is 0 Å². The molecule has 0 unspecified atom stereocenters. The molecule has 3 heterocycles. The van der Waals surface area contributed by atoms with E-state index in [-0.39, 0.29) is 5.78 Å². The van der Waals surface area contributed by atoms with Crippen LogP contribution < -0.4 is 10.1 Å². The zero-order valence-corrected chi connectivity index (χ0v) is 18.7. The van der Waals surface area contributed by atoms with Crippen molar-refractivity contribution < 1.29 is 9.53 Å². The summed E-state index contributed by atoms with van der Waals surface area (Å²) in [5.41, 5.74) is 3.74. The fraction of sp³-hybridized carbons (Fsp3) is 0.120. The second-order valence-electron chi connectivity index (χ2n) is 7.39. The summed E-state index contributed by atoms with van der Waals surface area (Å²) in [4.78, 5) is 26.0. The highest BCUT2D eigenvalue weighted by molar-refractivity contribution is 7.08. The summed E-state index contributed by atoms with van der Waals surface area (Å²) < 4.78 is 7.74. The minimum Gasteiger partial charge on any atom is -0.492 e. The van der Waals surface area contributed by atoms with Crippen molar-refractivity contribution in [2.24, 2.45) is 0 Å². The molecule has 0 aliphatic rings. The number of para-hydroxylation sites is 1. The first-order chi connectivity index (χ1) is 16.2. The number of thiophene rings is 1. The van der Waals surface area contributed by atoms with Crippen molar-refractivity contribution >= 4 is 34.1 Å². The molecule has 8 heteroatoms. The third-order valence-corrected chi connectivity index (χ3v) is 5.78. The first-order valence-electron chi connectivity index (χ1n) is 10.5. The van der Waals surface area contributed by atoms with E-state index in [1.807, 2.05) is 69.9 Å². The number of carbonyl (C=O) groups is 1. The lowest BCUT2D eigenvalue weighted by molar-refractivity contribution is 0.101. The number of nitrogens with one attached hydrogen (secondary N) is 1. The van der Waals surface area contributed by atoms with Crippen LogP contribution in [0.2, 0.25) is 0 Å². The summed E-state index contributed by atoms with van der Waals surface area (Å²) in [6.07, 6.45) is 1.75. The molecule has 0 bridgehead atoms. The lowest BCUT2D eigenvalue weighted by atomic mass is 10.1. The van der Waals surface area contributed by atoms with Crippen molar-refractivity contribution in [3.8, 4) is 22.8 Å². The molecule has 0 atom stereocenters. The minimum atomic E-state index is -0.00217. The molecule has 33 heavy (non-hydrogen) atoms. The van der Waals surface area contributed by atoms with Gasteiger partial charge in [-0.15, -0.1) is 0 Å². The van der Waals surface area contributed by atoms with E-state index in [4.69, 9.17) is 14.7 Å². The van der Waals surface area contributed by atoms with E-state index in [9.17, 15) is 4.79 Å². The zero-order chi connectivity index (χ0) is 22.6. The van der Waals surface area contributed by atoms with Gasteiger partial charge < -0.3 is 10.1 Å². The number of hydrogen-bond donors (Lipinski definition) is 1. The largest absolute Gasteiger partial charge is 0.492 e. The highest BCUT2D eigenvalue weighted by Crippen LogP contribution is 2.27. The van der Waals surface area contributed by atoms with Gasteiger partial charge in [0.15, 0.2) is 28.6 Å². The maximum absolute atomic E-state index is 11.9. The van der Waals surface area contributed by atoms with Crippen LogP contribution in [0.25, 0.3) is 28.2 Å². The van der Waals surface area contributed by atoms with Crippen molar-refractivity contribution in [3.63, 3.8) is 0 Å². The number of carbonyl (C=O) groups excluding carboxylic acids is 1. The Labute approximate surface area is 194 Å². The lowest BCUT2D eigenvalue weighted by Crippen LogP contribution is -2.13. The monoisotopic (exact) mass is 455 g/mol. The number of imidazole rings is 1. The SMILES string of the molecule is CC(=O)c1cccc(-c2nc(NCCOc3ccccc3)c3ncn(-c4ccsc4)c3n2)c1. The Kier molecular flexibility index (Phi) is 5.82. The van der Waals surface area contributed by atoms with Crippen molar-refractivity contribution in [2.45, 2.75) is 6.92 Å². The number of rotatable bonds is 8. The third-order valence-electron chi connectivity index (χ3n) is 5.11. The van der Waals surface area contributed by atoms with Gasteiger partial charge in [-0.05, 0) is 36.6 Å². The number of hydrogen-bond acceptors (Lipinski definition) is 7. The summed E-state index contributed by atoms with van der Waals surface area (Å²) >= 11 is 1.61. The Hall–Kier alpha value is -4.04. The molecule has 5 rings (SSSR count). The predicted molar refractivity (Wildman–Crippen MR) is 130 cm³/mol. The standard InChI is InChI=1S/C25H21N5O2S/c1-17(31)18-6-5-7-19(14-18)23-28-24(26-11-12-32-21-8-3-2-4-9-21)22-25(29-23)30(16-27-22)20-10-13-33-15-20/h2-10,13-16H,11-12H2,1H3,(H,26,28,29). The maximum atomic E-state index is 11.9. The molecule has 0 aliphatic heterocycles. The minimum absolute atomic E-state index is 0.00217. The molecule has 5 aromatic rings. The van der Waals surface area contributed by atoms with Gasteiger partial charge in [-0.2, -0.15) is 11.3 Å². The molecule has 0 fully saturated rings. The first kappa shape index (κ1) is 20.8. The Balaban J connectivity index is 1.50. The molecule has 0 amide bonds. The van der Waals surface area contributed by atoms with E-state index in [0.717, 1.165) is 17.0 Å². The van der Waals surface area contributed by atoms with Gasteiger partial charge in [0, 0.05) is 16.5 Å². The number of anilines is 1. The number of ketones is 1. The van der Waals surface area contributed by atoms with E-state index in [1.54, 1.807) is 30.7 Å². The summed E-state index contributed by atoms with van der Waals surface area (Å²) in [5, 5.41) is 7.40. The zero-order valence-electron chi connectivity index (χ0n) is 17.9. The number of fused-ring (bicyclic) bond motifs is 1. The van der Waals surface area contributed by atoms with Gasteiger partial charge in [0.2, 0.25) is 0 Å². The van der Waals surface area contributed by atoms with E-state index in [0.29, 0.717) is 41.5 Å². The highest BCUT2D eigenvalue weighted by atomic mass is 32.1. The molecule has 0 aliphatic carbocycles. The Bertz CT molecular complexity index is 1400. The Morgan fingerprint density at radius 1 is 1.09 bits per heavy atom. The van der Waals surface area contributed by atoms with Crippen molar-refractivity contribution in [1.82, 2.24) is 19.5 Å². The summed E-state index contributed by atoms with van der Waals surface area (Å²) in [7, 11) is 0. The van der Waals surface area contributed by atoms with Gasteiger partial charge in [-0.25, -0.2) is 15.0 Å². The fourth-order valence-corrected chi connectivity index (χ4v) is 4.10. The quantitative estimate of drug-likeness (QED) is 0.255. The van der Waals surface area contributed by atoms with Gasteiger partial charge in [0.05, 0.1) is 12.2 Å². The molecule has 3 aromatic heterocycles. The summed E-state index contributed by atoms with van der Waals surface area (Å²) in [5.74, 6) is 1.95. The van der Waals surface area contributed by atoms with Gasteiger partial charge in [-0.3, -0.25) is 9.36 Å². The van der Waals surface area contributed by atoms with Gasteiger partial charge >= 0.3 is 0 Å². The molecule has 2 aromatic carbocycles. The molecular formula is C25H21N5O2S. The van der Waals surface area contributed by atoms with Gasteiger partial charge in [-0.1, -0.05) is 36.4 Å². The van der Waals surface area contributed by atoms with E-state index in [1.165, 1.54) is 0 Å². The first-order valence-corrected chi connectivity index (χ1v) is 11.4. The van der Waals surface area contributed by atoms with Crippen LogP contribution in [-0.4, -0.2) is 38.5 Å². The summed E-state index contributed by atoms with van der Waals surface area (Å²) in [6, 6.07) is 19.1. The predicted octanol–water partition coefficient (Wildman–Crippen LogP) is 5.24. The normalized spacial score (nSPS) is 10.9. The number of aromatic nitrogens is 4. The molecule has 0 radical (unpaired) electrons. The number of Topliss-reactive ketones (excluding diaryl/α,β-unsaturated/α-hetero) is 1. The van der Waals surface area contributed by atoms with Crippen LogP contribution in [0.15, 0.2) is 77.8 Å². The van der Waals surface area contributed by atoms with Crippen LogP contribution in [0.5, 0.6) is 5.75 Å². The Morgan fingerprint density at radius 2 is 1.97 bits per heavy atom. The highest BCUT2D eigenvalue weighted by Gasteiger charge is 2.16. The molecule has 164 valence electrons. The van der Waals surface area contributed by atoms with Crippen molar-refractivity contribution in [1.29, 1.82) is 0 Å². The van der Waals surface area contributed by atoms with Crippen LogP contribution >= 0.6 is 11.3 Å². The second-order valence-corrected chi connectivity index (χ2v) is 8.17. The summed E-state index contributed by atoms with van der Waals surface area (Å²) in [6.45, 7) is 2.56. The molecule has 0 saturated heterocycles. The number of nitrogens with zero attached hydrogens (tertiary/aromatic N) is 4. The van der Waals surface area contributed by atoms with Gasteiger partial charge in [0.1, 0.15) is 18.7 Å². The molecule has 0 saturated carbocycles. The lowest BCUT2D eigenvalue weighted by Gasteiger charge is -2.11. The fourth-order valence-electron chi connectivity index (χ4n) is 3.47. The second kappa shape index (κ2) is 9.22. The van der Waals surface area contributed by atoms with Crippen LogP contribution in [0.1, 0.15) is 17.3 Å². The Morgan fingerprint density at radius 3 is 2.76 bits per heavy atom. The average molecular weight is 456 g/mol. The van der Waals surface area contributed by atoms with Crippen molar-refractivity contribution in [2.75, 3.05) is 18.5 Å². The van der Waals surface area contributed by atoms with Crippen LogP contribution in [0.3, 0.4) is 0 Å². The number of ether oxygens (including phenoxy) is 1. The maximum Gasteiger partial charge on any atom is 0.170 e. The molecular weight excluding hydrogens is 434 g/mol. The molecule has 0 spiro atoms. The van der Waals surface area contributed by atoms with Gasteiger partial charge in [0.25, 0.3) is 0 Å². The molecule has 1 N–H and O–H groups in total. The van der Waals surface area contributed by atoms with Crippen LogP contribution in [0, 0.1) is 0 Å². The average Bonchev–Trinajstić information content (AvgIpc) is 3.52. The van der Waals surface area contributed by atoms with Crippen molar-refractivity contribution in [3.05, 3.63) is 83.3 Å². The topological polar surface area (TPSA) is 81.9 Å². The van der Waals surface area contributed by atoms with E-state index in [2.05, 4.69) is 10.3 Å². The molecule has 7 nitrogen and oxygen atoms in total. The third kappa shape index (κ3) is 4.47. The smallest absolute Gasteiger partial charge is 0.170 e.